The van der Waals surface area contributed by atoms with E-state index >= 15 is 0 Å². The SMILES string of the molecule is CC(N)C(C)C(=O)N1CCN2CCCCC2C1.Cl.Cl. The number of piperazine rings is 1. The van der Waals surface area contributed by atoms with Crippen molar-refractivity contribution >= 4 is 30.7 Å². The molecular weight excluding hydrogens is 285 g/mol. The van der Waals surface area contributed by atoms with Crippen LogP contribution in [0.2, 0.25) is 0 Å². The zero-order valence-corrected chi connectivity index (χ0v) is 13.5. The Kier molecular flexibility index (Phi) is 8.29. The number of carbonyl (C=O) groups excluding carboxylic acids is 1. The predicted molar refractivity (Wildman–Crippen MR) is 83.1 cm³/mol. The van der Waals surface area contributed by atoms with Crippen molar-refractivity contribution in [2.75, 3.05) is 26.2 Å². The standard InChI is InChI=1S/C13H25N3O.2ClH/c1-10(11(2)14)13(17)16-8-7-15-6-4-3-5-12(15)9-16;;/h10-12H,3-9,14H2,1-2H3;2*1H. The molecule has 0 aromatic heterocycles. The number of nitrogens with zero attached hydrogens (tertiary/aromatic N) is 2. The molecule has 0 aliphatic carbocycles. The van der Waals surface area contributed by atoms with Gasteiger partial charge in [0.15, 0.2) is 0 Å². The number of carbonyl (C=O) groups is 1. The molecule has 0 aromatic carbocycles. The van der Waals surface area contributed by atoms with Crippen molar-refractivity contribution in [3.05, 3.63) is 0 Å². The number of halogens is 2. The molecule has 0 radical (unpaired) electrons. The monoisotopic (exact) mass is 311 g/mol. The number of hydrogen-bond acceptors (Lipinski definition) is 3. The van der Waals surface area contributed by atoms with Crippen LogP contribution in [0.4, 0.5) is 0 Å². The maximum absolute atomic E-state index is 12.2. The molecule has 0 saturated carbocycles. The van der Waals surface area contributed by atoms with Gasteiger partial charge in [0.25, 0.3) is 0 Å². The van der Waals surface area contributed by atoms with Crippen LogP contribution in [-0.4, -0.2) is 54.0 Å². The van der Waals surface area contributed by atoms with Crippen LogP contribution >= 0.6 is 24.8 Å². The molecule has 2 heterocycles. The highest BCUT2D eigenvalue weighted by Crippen LogP contribution is 2.22. The number of fused-ring (bicyclic) bond motifs is 1. The number of amides is 1. The van der Waals surface area contributed by atoms with Crippen molar-refractivity contribution in [2.24, 2.45) is 11.7 Å². The summed E-state index contributed by atoms with van der Waals surface area (Å²) in [5.74, 6) is 0.190. The number of rotatable bonds is 2. The minimum atomic E-state index is -0.0508. The minimum Gasteiger partial charge on any atom is -0.340 e. The van der Waals surface area contributed by atoms with Crippen LogP contribution in [0.1, 0.15) is 33.1 Å². The Morgan fingerprint density at radius 2 is 1.84 bits per heavy atom. The van der Waals surface area contributed by atoms with E-state index in [1.165, 1.54) is 25.8 Å². The fraction of sp³-hybridized carbons (Fsp3) is 0.923. The molecule has 2 aliphatic heterocycles. The summed E-state index contributed by atoms with van der Waals surface area (Å²) in [5.41, 5.74) is 5.82. The number of piperidine rings is 1. The second-order valence-electron chi connectivity index (χ2n) is 5.62. The predicted octanol–water partition coefficient (Wildman–Crippen LogP) is 1.51. The van der Waals surface area contributed by atoms with Gasteiger partial charge in [-0.25, -0.2) is 0 Å². The normalized spacial score (nSPS) is 26.5. The van der Waals surface area contributed by atoms with Crippen molar-refractivity contribution in [1.82, 2.24) is 9.80 Å². The summed E-state index contributed by atoms with van der Waals surface area (Å²) >= 11 is 0. The zero-order valence-electron chi connectivity index (χ0n) is 11.9. The van der Waals surface area contributed by atoms with Crippen LogP contribution in [0, 0.1) is 5.92 Å². The van der Waals surface area contributed by atoms with Gasteiger partial charge >= 0.3 is 0 Å². The van der Waals surface area contributed by atoms with Crippen molar-refractivity contribution in [2.45, 2.75) is 45.2 Å². The van der Waals surface area contributed by atoms with Gasteiger partial charge in [0, 0.05) is 31.7 Å². The van der Waals surface area contributed by atoms with Crippen LogP contribution in [0.25, 0.3) is 0 Å². The molecule has 2 fully saturated rings. The summed E-state index contributed by atoms with van der Waals surface area (Å²) in [6, 6.07) is 0.550. The topological polar surface area (TPSA) is 49.6 Å². The lowest BCUT2D eigenvalue weighted by molar-refractivity contribution is -0.139. The molecule has 2 N–H and O–H groups in total. The molecule has 6 heteroatoms. The smallest absolute Gasteiger partial charge is 0.227 e. The molecule has 4 nitrogen and oxygen atoms in total. The highest BCUT2D eigenvalue weighted by molar-refractivity contribution is 5.85. The van der Waals surface area contributed by atoms with E-state index in [-0.39, 0.29) is 42.7 Å². The molecular formula is C13H27Cl2N3O. The first-order chi connectivity index (χ1) is 8.09. The first kappa shape index (κ1) is 19.0. The van der Waals surface area contributed by atoms with Crippen LogP contribution in [0.15, 0.2) is 0 Å². The Hall–Kier alpha value is -0.0300. The molecule has 2 saturated heterocycles. The van der Waals surface area contributed by atoms with Gasteiger partial charge < -0.3 is 10.6 Å². The molecule has 2 aliphatic rings. The van der Waals surface area contributed by atoms with E-state index in [9.17, 15) is 4.79 Å². The molecule has 19 heavy (non-hydrogen) atoms. The largest absolute Gasteiger partial charge is 0.340 e. The summed E-state index contributed by atoms with van der Waals surface area (Å²) in [4.78, 5) is 16.8. The van der Waals surface area contributed by atoms with E-state index in [1.807, 2.05) is 18.7 Å². The van der Waals surface area contributed by atoms with Gasteiger partial charge in [0.05, 0.1) is 5.92 Å². The lowest BCUT2D eigenvalue weighted by atomic mass is 9.97. The maximum atomic E-state index is 12.2. The maximum Gasteiger partial charge on any atom is 0.227 e. The lowest BCUT2D eigenvalue weighted by Crippen LogP contribution is -2.57. The Balaban J connectivity index is 0.00000162. The molecule has 0 bridgehead atoms. The van der Waals surface area contributed by atoms with Gasteiger partial charge in [-0.3, -0.25) is 9.69 Å². The Bertz CT molecular complexity index is 289. The molecule has 3 atom stereocenters. The van der Waals surface area contributed by atoms with Crippen LogP contribution < -0.4 is 5.73 Å². The van der Waals surface area contributed by atoms with Gasteiger partial charge in [0.1, 0.15) is 0 Å². The number of hydrogen-bond donors (Lipinski definition) is 1. The molecule has 0 spiro atoms. The molecule has 3 unspecified atom stereocenters. The van der Waals surface area contributed by atoms with Gasteiger partial charge in [-0.05, 0) is 26.3 Å². The van der Waals surface area contributed by atoms with E-state index in [0.29, 0.717) is 6.04 Å². The molecule has 1 amide bonds. The quantitative estimate of drug-likeness (QED) is 0.841. The van der Waals surface area contributed by atoms with Crippen LogP contribution in [-0.2, 0) is 4.79 Å². The number of nitrogens with two attached hydrogens (primary N) is 1. The fourth-order valence-corrected chi connectivity index (χ4v) is 2.87. The van der Waals surface area contributed by atoms with Crippen molar-refractivity contribution in [3.8, 4) is 0 Å². The van der Waals surface area contributed by atoms with E-state index in [1.54, 1.807) is 0 Å². The summed E-state index contributed by atoms with van der Waals surface area (Å²) in [7, 11) is 0. The minimum absolute atomic E-state index is 0. The lowest BCUT2D eigenvalue weighted by Gasteiger charge is -2.44. The first-order valence-corrected chi connectivity index (χ1v) is 6.88. The first-order valence-electron chi connectivity index (χ1n) is 6.88. The summed E-state index contributed by atoms with van der Waals surface area (Å²) in [6.45, 7) is 7.92. The van der Waals surface area contributed by atoms with Crippen LogP contribution in [0.3, 0.4) is 0 Å². The molecule has 114 valence electrons. The fourth-order valence-electron chi connectivity index (χ4n) is 2.87. The zero-order chi connectivity index (χ0) is 12.4. The highest BCUT2D eigenvalue weighted by atomic mass is 35.5. The van der Waals surface area contributed by atoms with Crippen molar-refractivity contribution in [3.63, 3.8) is 0 Å². The van der Waals surface area contributed by atoms with Gasteiger partial charge in [-0.2, -0.15) is 0 Å². The highest BCUT2D eigenvalue weighted by Gasteiger charge is 2.33. The second kappa shape index (κ2) is 8.30. The van der Waals surface area contributed by atoms with Crippen molar-refractivity contribution in [1.29, 1.82) is 0 Å². The second-order valence-corrected chi connectivity index (χ2v) is 5.62. The summed E-state index contributed by atoms with van der Waals surface area (Å²) < 4.78 is 0. The molecule has 0 aromatic rings. The van der Waals surface area contributed by atoms with Gasteiger partial charge in [-0.1, -0.05) is 13.3 Å². The Morgan fingerprint density at radius 3 is 2.47 bits per heavy atom. The average molecular weight is 312 g/mol. The van der Waals surface area contributed by atoms with E-state index < -0.39 is 0 Å². The van der Waals surface area contributed by atoms with E-state index in [0.717, 1.165) is 19.6 Å². The third-order valence-electron chi connectivity index (χ3n) is 4.33. The van der Waals surface area contributed by atoms with E-state index in [4.69, 9.17) is 5.73 Å². The summed E-state index contributed by atoms with van der Waals surface area (Å²) in [5, 5.41) is 0. The Labute approximate surface area is 128 Å². The van der Waals surface area contributed by atoms with Gasteiger partial charge in [0.2, 0.25) is 5.91 Å². The van der Waals surface area contributed by atoms with Crippen molar-refractivity contribution < 1.29 is 4.79 Å². The van der Waals surface area contributed by atoms with Crippen LogP contribution in [0.5, 0.6) is 0 Å². The third kappa shape index (κ3) is 4.48. The third-order valence-corrected chi connectivity index (χ3v) is 4.33. The van der Waals surface area contributed by atoms with Gasteiger partial charge in [-0.15, -0.1) is 24.8 Å². The molecule has 2 rings (SSSR count). The summed E-state index contributed by atoms with van der Waals surface area (Å²) in [6.07, 6.45) is 3.88. The Morgan fingerprint density at radius 1 is 1.16 bits per heavy atom. The average Bonchev–Trinajstić information content (AvgIpc) is 2.36. The van der Waals surface area contributed by atoms with E-state index in [2.05, 4.69) is 4.90 Å².